The molecule has 5 heteroatoms. The molecule has 0 aliphatic heterocycles. The minimum Gasteiger partial charge on any atom is -0.490 e. The van der Waals surface area contributed by atoms with Crippen LogP contribution in [0.4, 0.5) is 8.78 Å². The Morgan fingerprint density at radius 2 is 2.05 bits per heavy atom. The summed E-state index contributed by atoms with van der Waals surface area (Å²) in [5.74, 6) is -2.95. The van der Waals surface area contributed by atoms with Crippen molar-refractivity contribution in [2.45, 2.75) is 39.5 Å². The molecule has 112 valence electrons. The first-order valence-corrected chi connectivity index (χ1v) is 6.91. The highest BCUT2D eigenvalue weighted by Crippen LogP contribution is 2.24. The van der Waals surface area contributed by atoms with Crippen molar-refractivity contribution in [2.24, 2.45) is 11.7 Å². The number of amides is 1. The molecule has 1 amide bonds. The maximum absolute atomic E-state index is 13.9. The van der Waals surface area contributed by atoms with Gasteiger partial charge in [0.25, 0.3) is 5.91 Å². The fourth-order valence-corrected chi connectivity index (χ4v) is 1.98. The summed E-state index contributed by atoms with van der Waals surface area (Å²) in [4.78, 5) is 11.0. The molecule has 0 radical (unpaired) electrons. The first-order valence-electron chi connectivity index (χ1n) is 6.91. The van der Waals surface area contributed by atoms with Crippen molar-refractivity contribution in [1.29, 1.82) is 0 Å². The summed E-state index contributed by atoms with van der Waals surface area (Å²) in [6.07, 6.45) is 4.09. The van der Waals surface area contributed by atoms with E-state index in [0.29, 0.717) is 12.5 Å². The van der Waals surface area contributed by atoms with Crippen molar-refractivity contribution in [3.8, 4) is 5.75 Å². The smallest absolute Gasteiger partial charge is 0.254 e. The number of hydrogen-bond donors (Lipinski definition) is 1. The Hall–Kier alpha value is -1.65. The summed E-state index contributed by atoms with van der Waals surface area (Å²) in [6.45, 7) is 4.49. The van der Waals surface area contributed by atoms with Crippen molar-refractivity contribution in [1.82, 2.24) is 0 Å². The Labute approximate surface area is 118 Å². The van der Waals surface area contributed by atoms with E-state index in [1.165, 1.54) is 6.07 Å². The molecule has 0 spiro atoms. The lowest BCUT2D eigenvalue weighted by atomic mass is 10.0. The normalized spacial score (nSPS) is 12.2. The summed E-state index contributed by atoms with van der Waals surface area (Å²) in [7, 11) is 0. The van der Waals surface area contributed by atoms with Gasteiger partial charge in [0.2, 0.25) is 0 Å². The van der Waals surface area contributed by atoms with E-state index >= 15 is 0 Å². The van der Waals surface area contributed by atoms with Crippen LogP contribution in [-0.4, -0.2) is 12.5 Å². The zero-order chi connectivity index (χ0) is 15.1. The van der Waals surface area contributed by atoms with Gasteiger partial charge >= 0.3 is 0 Å². The first-order chi connectivity index (χ1) is 9.51. The zero-order valence-electron chi connectivity index (χ0n) is 11.9. The molecule has 0 saturated carbocycles. The van der Waals surface area contributed by atoms with Gasteiger partial charge in [-0.05, 0) is 24.5 Å². The quantitative estimate of drug-likeness (QED) is 0.792. The van der Waals surface area contributed by atoms with Crippen molar-refractivity contribution < 1.29 is 18.3 Å². The molecule has 1 aromatic carbocycles. The molecule has 0 aliphatic carbocycles. The lowest BCUT2D eigenvalue weighted by Crippen LogP contribution is -2.17. The molecule has 3 nitrogen and oxygen atoms in total. The van der Waals surface area contributed by atoms with Crippen LogP contribution >= 0.6 is 0 Å². The number of rotatable bonds is 8. The third-order valence-corrected chi connectivity index (χ3v) is 3.32. The van der Waals surface area contributed by atoms with Gasteiger partial charge in [-0.15, -0.1) is 0 Å². The molecular weight excluding hydrogens is 264 g/mol. The molecule has 0 aliphatic rings. The van der Waals surface area contributed by atoms with Gasteiger partial charge in [-0.3, -0.25) is 4.79 Å². The van der Waals surface area contributed by atoms with E-state index in [0.717, 1.165) is 31.7 Å². The summed E-state index contributed by atoms with van der Waals surface area (Å²) < 4.78 is 32.6. The van der Waals surface area contributed by atoms with Crippen LogP contribution in [0.1, 0.15) is 49.9 Å². The Bertz CT molecular complexity index is 463. The van der Waals surface area contributed by atoms with Crippen LogP contribution < -0.4 is 10.5 Å². The molecule has 0 fully saturated rings. The number of benzene rings is 1. The summed E-state index contributed by atoms with van der Waals surface area (Å²) in [5, 5.41) is 0. The zero-order valence-corrected chi connectivity index (χ0v) is 11.9. The number of hydrogen-bond acceptors (Lipinski definition) is 2. The average molecular weight is 285 g/mol. The Morgan fingerprint density at radius 1 is 1.35 bits per heavy atom. The maximum Gasteiger partial charge on any atom is 0.254 e. The number of carbonyl (C=O) groups excluding carboxylic acids is 1. The van der Waals surface area contributed by atoms with Crippen LogP contribution in [0.25, 0.3) is 0 Å². The van der Waals surface area contributed by atoms with E-state index in [-0.39, 0.29) is 5.75 Å². The number of carbonyl (C=O) groups is 1. The van der Waals surface area contributed by atoms with Crippen molar-refractivity contribution in [3.63, 3.8) is 0 Å². The van der Waals surface area contributed by atoms with Crippen LogP contribution in [0, 0.1) is 17.6 Å². The molecule has 2 N–H and O–H groups in total. The van der Waals surface area contributed by atoms with Gasteiger partial charge < -0.3 is 10.5 Å². The van der Waals surface area contributed by atoms with Crippen molar-refractivity contribution in [3.05, 3.63) is 29.3 Å². The second kappa shape index (κ2) is 7.82. The monoisotopic (exact) mass is 285 g/mol. The summed E-state index contributed by atoms with van der Waals surface area (Å²) >= 11 is 0. The molecule has 0 aromatic heterocycles. The largest absolute Gasteiger partial charge is 0.490 e. The second-order valence-corrected chi connectivity index (χ2v) is 4.83. The van der Waals surface area contributed by atoms with Gasteiger partial charge in [0.15, 0.2) is 11.6 Å². The van der Waals surface area contributed by atoms with E-state index in [1.54, 1.807) is 0 Å². The number of primary amides is 1. The topological polar surface area (TPSA) is 52.3 Å². The Kier molecular flexibility index (Phi) is 6.42. The van der Waals surface area contributed by atoms with E-state index < -0.39 is 23.1 Å². The van der Waals surface area contributed by atoms with E-state index in [9.17, 15) is 13.6 Å². The Morgan fingerprint density at radius 3 is 2.60 bits per heavy atom. The fourth-order valence-electron chi connectivity index (χ4n) is 1.98. The lowest BCUT2D eigenvalue weighted by molar-refractivity contribution is 0.0990. The van der Waals surface area contributed by atoms with Gasteiger partial charge in [-0.1, -0.05) is 33.1 Å². The van der Waals surface area contributed by atoms with Gasteiger partial charge in [-0.2, -0.15) is 0 Å². The van der Waals surface area contributed by atoms with Crippen molar-refractivity contribution in [2.75, 3.05) is 6.61 Å². The first kappa shape index (κ1) is 16.4. The number of unbranched alkanes of at least 4 members (excludes halogenated alkanes) is 1. The number of halogens is 2. The molecule has 0 heterocycles. The van der Waals surface area contributed by atoms with Crippen LogP contribution in [0.5, 0.6) is 5.75 Å². The minimum absolute atomic E-state index is 0.129. The van der Waals surface area contributed by atoms with E-state index in [2.05, 4.69) is 6.92 Å². The second-order valence-electron chi connectivity index (χ2n) is 4.83. The predicted octanol–water partition coefficient (Wildman–Crippen LogP) is 3.66. The number of nitrogens with two attached hydrogens (primary N) is 1. The molecule has 20 heavy (non-hydrogen) atoms. The summed E-state index contributed by atoms with van der Waals surface area (Å²) in [6, 6.07) is 2.18. The molecular formula is C15H21F2NO2. The molecule has 1 rings (SSSR count). The molecule has 1 unspecified atom stereocenters. The predicted molar refractivity (Wildman–Crippen MR) is 73.7 cm³/mol. The van der Waals surface area contributed by atoms with Crippen LogP contribution in [0.15, 0.2) is 12.1 Å². The third-order valence-electron chi connectivity index (χ3n) is 3.32. The highest BCUT2D eigenvalue weighted by Gasteiger charge is 2.19. The molecule has 1 atom stereocenters. The summed E-state index contributed by atoms with van der Waals surface area (Å²) in [5.41, 5.74) is 4.21. The van der Waals surface area contributed by atoms with Gasteiger partial charge in [0.1, 0.15) is 11.4 Å². The van der Waals surface area contributed by atoms with Crippen LogP contribution in [0.3, 0.4) is 0 Å². The van der Waals surface area contributed by atoms with Crippen LogP contribution in [-0.2, 0) is 0 Å². The third kappa shape index (κ3) is 4.18. The highest BCUT2D eigenvalue weighted by molar-refractivity contribution is 5.93. The van der Waals surface area contributed by atoms with Gasteiger partial charge in [-0.25, -0.2) is 8.78 Å². The van der Waals surface area contributed by atoms with Crippen molar-refractivity contribution >= 4 is 5.91 Å². The standard InChI is InChI=1S/C15H21F2NO2/c1-3-5-6-10(4-2)9-20-12-8-7-11(16)13(14(12)17)15(18)19/h7-8,10H,3-6,9H2,1-2H3,(H2,18,19). The average Bonchev–Trinajstić information content (AvgIpc) is 2.40. The Balaban J connectivity index is 2.78. The molecule has 1 aromatic rings. The highest BCUT2D eigenvalue weighted by atomic mass is 19.1. The van der Waals surface area contributed by atoms with E-state index in [1.807, 2.05) is 6.92 Å². The van der Waals surface area contributed by atoms with Crippen LogP contribution in [0.2, 0.25) is 0 Å². The molecule has 0 bridgehead atoms. The molecule has 0 saturated heterocycles. The number of ether oxygens (including phenoxy) is 1. The van der Waals surface area contributed by atoms with Gasteiger partial charge in [0.05, 0.1) is 6.61 Å². The fraction of sp³-hybridized carbons (Fsp3) is 0.533. The van der Waals surface area contributed by atoms with E-state index in [4.69, 9.17) is 10.5 Å². The lowest BCUT2D eigenvalue weighted by Gasteiger charge is -2.16. The maximum atomic E-state index is 13.9. The van der Waals surface area contributed by atoms with Gasteiger partial charge in [0, 0.05) is 0 Å². The SMILES string of the molecule is CCCCC(CC)COc1ccc(F)c(C(N)=O)c1F. The minimum atomic E-state index is -1.14.